The number of nitrogens with zero attached hydrogens (tertiary/aromatic N) is 4. The fourth-order valence-electron chi connectivity index (χ4n) is 3.98. The molecular formula is C21H15N5. The molecule has 5 nitrogen and oxygen atoms in total. The van der Waals surface area contributed by atoms with Gasteiger partial charge in [-0.3, -0.25) is 5.10 Å². The number of benzene rings is 2. The summed E-state index contributed by atoms with van der Waals surface area (Å²) in [6.07, 6.45) is 3.75. The quantitative estimate of drug-likeness (QED) is 0.502. The summed E-state index contributed by atoms with van der Waals surface area (Å²) in [5, 5.41) is 14.6. The summed E-state index contributed by atoms with van der Waals surface area (Å²) < 4.78 is 1.91. The molecule has 1 N–H and O–H groups in total. The number of para-hydroxylation sites is 1. The van der Waals surface area contributed by atoms with Crippen LogP contribution in [0.4, 0.5) is 0 Å². The highest BCUT2D eigenvalue weighted by atomic mass is 15.3. The summed E-state index contributed by atoms with van der Waals surface area (Å²) in [7, 11) is 0. The average Bonchev–Trinajstić information content (AvgIpc) is 3.27. The summed E-state index contributed by atoms with van der Waals surface area (Å²) in [5.74, 6) is 0. The van der Waals surface area contributed by atoms with Gasteiger partial charge in [-0.1, -0.05) is 42.5 Å². The van der Waals surface area contributed by atoms with E-state index in [0.29, 0.717) is 0 Å². The maximum atomic E-state index is 5.03. The van der Waals surface area contributed by atoms with Crippen LogP contribution in [0.3, 0.4) is 0 Å². The standard InChI is InChI=1S/C21H15N5/c1-2-7-14(8-3-1)26-21-16(12-22-26)20-18-17(23-21)11-10-13-6-4-5-9-15(13)19(18)24-25-20/h1-9,12H,10-11H2,(H,24,25). The first kappa shape index (κ1) is 13.8. The van der Waals surface area contributed by atoms with Crippen LogP contribution in [0.1, 0.15) is 11.3 Å². The summed E-state index contributed by atoms with van der Waals surface area (Å²) in [6, 6.07) is 18.6. The van der Waals surface area contributed by atoms with E-state index in [0.717, 1.165) is 51.9 Å². The van der Waals surface area contributed by atoms with Crippen molar-refractivity contribution < 1.29 is 0 Å². The Labute approximate surface area is 149 Å². The molecule has 5 aromatic rings. The van der Waals surface area contributed by atoms with Gasteiger partial charge in [-0.05, 0) is 30.5 Å². The molecule has 0 bridgehead atoms. The van der Waals surface area contributed by atoms with Gasteiger partial charge in [0.15, 0.2) is 5.65 Å². The zero-order valence-corrected chi connectivity index (χ0v) is 14.0. The molecule has 0 spiro atoms. The molecule has 0 fully saturated rings. The van der Waals surface area contributed by atoms with Crippen molar-refractivity contribution in [1.29, 1.82) is 0 Å². The number of hydrogen-bond acceptors (Lipinski definition) is 3. The first-order chi connectivity index (χ1) is 12.9. The molecule has 124 valence electrons. The molecule has 5 heteroatoms. The predicted molar refractivity (Wildman–Crippen MR) is 101 cm³/mol. The summed E-state index contributed by atoms with van der Waals surface area (Å²) >= 11 is 0. The van der Waals surface area contributed by atoms with Crippen LogP contribution in [0.5, 0.6) is 0 Å². The van der Waals surface area contributed by atoms with Crippen LogP contribution >= 0.6 is 0 Å². The molecule has 26 heavy (non-hydrogen) atoms. The fraction of sp³-hybridized carbons (Fsp3) is 0.0952. The fourth-order valence-corrected chi connectivity index (χ4v) is 3.98. The number of rotatable bonds is 1. The van der Waals surface area contributed by atoms with E-state index < -0.39 is 0 Å². The van der Waals surface area contributed by atoms with Gasteiger partial charge < -0.3 is 0 Å². The second kappa shape index (κ2) is 5.02. The van der Waals surface area contributed by atoms with Crippen LogP contribution in [-0.2, 0) is 12.8 Å². The van der Waals surface area contributed by atoms with Gasteiger partial charge in [-0.15, -0.1) is 0 Å². The zero-order chi connectivity index (χ0) is 17.1. The molecule has 3 aromatic heterocycles. The number of H-pyrrole nitrogens is 1. The third-order valence-corrected chi connectivity index (χ3v) is 5.21. The lowest BCUT2D eigenvalue weighted by molar-refractivity contribution is 0.881. The van der Waals surface area contributed by atoms with E-state index in [4.69, 9.17) is 4.98 Å². The van der Waals surface area contributed by atoms with Crippen LogP contribution in [0.2, 0.25) is 0 Å². The van der Waals surface area contributed by atoms with Crippen molar-refractivity contribution in [3.8, 4) is 16.9 Å². The van der Waals surface area contributed by atoms with E-state index >= 15 is 0 Å². The third kappa shape index (κ3) is 1.77. The second-order valence-corrected chi connectivity index (χ2v) is 6.67. The average molecular weight is 337 g/mol. The first-order valence-corrected chi connectivity index (χ1v) is 8.78. The molecule has 0 atom stereocenters. The smallest absolute Gasteiger partial charge is 0.165 e. The lowest BCUT2D eigenvalue weighted by Gasteiger charge is -2.05. The van der Waals surface area contributed by atoms with Crippen LogP contribution in [0, 0.1) is 0 Å². The van der Waals surface area contributed by atoms with Crippen LogP contribution in [0.25, 0.3) is 38.9 Å². The second-order valence-electron chi connectivity index (χ2n) is 6.67. The number of hydrogen-bond donors (Lipinski definition) is 1. The minimum atomic E-state index is 0.875. The van der Waals surface area contributed by atoms with Crippen molar-refractivity contribution in [2.24, 2.45) is 0 Å². The number of aromatic amines is 1. The first-order valence-electron chi connectivity index (χ1n) is 8.78. The minimum absolute atomic E-state index is 0.875. The number of aromatic nitrogens is 5. The van der Waals surface area contributed by atoms with Crippen molar-refractivity contribution in [2.45, 2.75) is 12.8 Å². The van der Waals surface area contributed by atoms with E-state index in [9.17, 15) is 0 Å². The summed E-state index contributed by atoms with van der Waals surface area (Å²) in [4.78, 5) is 5.03. The lowest BCUT2D eigenvalue weighted by Crippen LogP contribution is -2.00. The normalized spacial score (nSPS) is 13.1. The number of nitrogens with one attached hydrogen (secondary N) is 1. The predicted octanol–water partition coefficient (Wildman–Crippen LogP) is 4.06. The van der Waals surface area contributed by atoms with Crippen molar-refractivity contribution >= 4 is 21.9 Å². The molecule has 1 aliphatic carbocycles. The Morgan fingerprint density at radius 2 is 1.77 bits per heavy atom. The van der Waals surface area contributed by atoms with Crippen molar-refractivity contribution in [3.63, 3.8) is 0 Å². The largest absolute Gasteiger partial charge is 0.276 e. The molecule has 3 heterocycles. The van der Waals surface area contributed by atoms with Gasteiger partial charge in [-0.2, -0.15) is 10.2 Å². The maximum Gasteiger partial charge on any atom is 0.165 e. The number of fused-ring (bicyclic) bond motifs is 4. The Morgan fingerprint density at radius 3 is 2.69 bits per heavy atom. The molecule has 0 saturated carbocycles. The highest BCUT2D eigenvalue weighted by molar-refractivity contribution is 6.09. The van der Waals surface area contributed by atoms with Gasteiger partial charge >= 0.3 is 0 Å². The summed E-state index contributed by atoms with van der Waals surface area (Å²) in [6.45, 7) is 0. The summed E-state index contributed by atoms with van der Waals surface area (Å²) in [5.41, 5.74) is 7.54. The van der Waals surface area contributed by atoms with Gasteiger partial charge in [0.1, 0.15) is 5.69 Å². The highest BCUT2D eigenvalue weighted by Gasteiger charge is 2.23. The topological polar surface area (TPSA) is 59.4 Å². The Kier molecular flexibility index (Phi) is 2.66. The molecule has 0 amide bonds. The molecule has 0 saturated heterocycles. The van der Waals surface area contributed by atoms with Crippen molar-refractivity contribution in [1.82, 2.24) is 25.0 Å². The number of pyridine rings is 1. The van der Waals surface area contributed by atoms with Crippen LogP contribution in [-0.4, -0.2) is 25.0 Å². The Morgan fingerprint density at radius 1 is 0.923 bits per heavy atom. The van der Waals surface area contributed by atoms with Gasteiger partial charge in [0, 0.05) is 5.56 Å². The third-order valence-electron chi connectivity index (χ3n) is 5.21. The van der Waals surface area contributed by atoms with Crippen molar-refractivity contribution in [2.75, 3.05) is 0 Å². The Hall–Kier alpha value is -3.47. The zero-order valence-electron chi connectivity index (χ0n) is 14.0. The van der Waals surface area contributed by atoms with Crippen LogP contribution < -0.4 is 0 Å². The molecule has 0 aliphatic heterocycles. The molecule has 0 unspecified atom stereocenters. The SMILES string of the molecule is c1ccc(-n2ncc3c4[nH]nc5c4c(nc32)CCc2ccccc2-5)cc1. The van der Waals surface area contributed by atoms with E-state index in [-0.39, 0.29) is 0 Å². The van der Waals surface area contributed by atoms with E-state index in [1.54, 1.807) is 0 Å². The highest BCUT2D eigenvalue weighted by Crippen LogP contribution is 2.37. The monoisotopic (exact) mass is 337 g/mol. The van der Waals surface area contributed by atoms with Gasteiger partial charge in [0.05, 0.1) is 33.9 Å². The van der Waals surface area contributed by atoms with E-state index in [1.807, 2.05) is 41.2 Å². The Balaban J connectivity index is 1.69. The molecule has 1 aliphatic rings. The molecule has 2 aromatic carbocycles. The molecular weight excluding hydrogens is 322 g/mol. The molecule has 6 rings (SSSR count). The molecule has 0 radical (unpaired) electrons. The van der Waals surface area contributed by atoms with Crippen molar-refractivity contribution in [3.05, 3.63) is 72.1 Å². The minimum Gasteiger partial charge on any atom is -0.276 e. The van der Waals surface area contributed by atoms with Gasteiger partial charge in [0.2, 0.25) is 0 Å². The lowest BCUT2D eigenvalue weighted by atomic mass is 10.0. The van der Waals surface area contributed by atoms with Crippen LogP contribution in [0.15, 0.2) is 60.8 Å². The van der Waals surface area contributed by atoms with Gasteiger partial charge in [-0.25, -0.2) is 9.67 Å². The maximum absolute atomic E-state index is 5.03. The van der Waals surface area contributed by atoms with E-state index in [2.05, 4.69) is 39.6 Å². The van der Waals surface area contributed by atoms with Gasteiger partial charge in [0.25, 0.3) is 0 Å². The Bertz CT molecular complexity index is 1280. The van der Waals surface area contributed by atoms with E-state index in [1.165, 1.54) is 11.1 Å². The number of aryl methyl sites for hydroxylation is 2.